The third kappa shape index (κ3) is 4.30. The van der Waals surface area contributed by atoms with E-state index in [1.807, 2.05) is 0 Å². The van der Waals surface area contributed by atoms with Crippen LogP contribution in [0.25, 0.3) is 0 Å². The zero-order valence-electron chi connectivity index (χ0n) is 10.9. The van der Waals surface area contributed by atoms with Crippen molar-refractivity contribution in [1.82, 2.24) is 5.32 Å². The second-order valence-electron chi connectivity index (χ2n) is 5.14. The standard InChI is InChI=1S/C15H19BrFNO/c16-14-9-8-11(17)10-13(14)15(19)18-12-6-4-2-1-3-5-7-12/h8-10,12H,1-7H2,(H,18,19). The SMILES string of the molecule is O=C(NC1CCCCCCC1)c1cc(F)ccc1Br. The molecule has 0 spiro atoms. The fourth-order valence-electron chi connectivity index (χ4n) is 2.54. The Labute approximate surface area is 121 Å². The Hall–Kier alpha value is -0.900. The molecule has 1 amide bonds. The number of benzene rings is 1. The van der Waals surface area contributed by atoms with Gasteiger partial charge in [0.1, 0.15) is 5.82 Å². The summed E-state index contributed by atoms with van der Waals surface area (Å²) in [6.07, 6.45) is 8.17. The van der Waals surface area contributed by atoms with Crippen molar-refractivity contribution in [3.05, 3.63) is 34.1 Å². The van der Waals surface area contributed by atoms with Crippen molar-refractivity contribution in [3.8, 4) is 0 Å². The fraction of sp³-hybridized carbons (Fsp3) is 0.533. The van der Waals surface area contributed by atoms with E-state index in [0.29, 0.717) is 10.0 Å². The first-order valence-electron chi connectivity index (χ1n) is 6.93. The number of nitrogens with one attached hydrogen (secondary N) is 1. The molecule has 1 aliphatic rings. The molecule has 0 saturated heterocycles. The number of carbonyl (C=O) groups excluding carboxylic acids is 1. The van der Waals surface area contributed by atoms with Crippen LogP contribution in [0.1, 0.15) is 55.3 Å². The molecule has 2 rings (SSSR count). The van der Waals surface area contributed by atoms with Crippen molar-refractivity contribution in [1.29, 1.82) is 0 Å². The van der Waals surface area contributed by atoms with Gasteiger partial charge in [0.05, 0.1) is 5.56 Å². The van der Waals surface area contributed by atoms with Gasteiger partial charge in [-0.3, -0.25) is 4.79 Å². The van der Waals surface area contributed by atoms with E-state index in [9.17, 15) is 9.18 Å². The Morgan fingerprint density at radius 3 is 2.47 bits per heavy atom. The van der Waals surface area contributed by atoms with Gasteiger partial charge in [-0.25, -0.2) is 4.39 Å². The Kier molecular flexibility index (Phi) is 5.37. The van der Waals surface area contributed by atoms with E-state index in [0.717, 1.165) is 25.7 Å². The van der Waals surface area contributed by atoms with E-state index in [-0.39, 0.29) is 17.8 Å². The van der Waals surface area contributed by atoms with Crippen molar-refractivity contribution in [2.45, 2.75) is 51.0 Å². The molecule has 1 fully saturated rings. The van der Waals surface area contributed by atoms with Crippen LogP contribution in [0.4, 0.5) is 4.39 Å². The van der Waals surface area contributed by atoms with Gasteiger partial charge in [0.2, 0.25) is 0 Å². The quantitative estimate of drug-likeness (QED) is 0.855. The van der Waals surface area contributed by atoms with Gasteiger partial charge in [0, 0.05) is 10.5 Å². The minimum absolute atomic E-state index is 0.183. The maximum Gasteiger partial charge on any atom is 0.252 e. The van der Waals surface area contributed by atoms with Crippen molar-refractivity contribution >= 4 is 21.8 Å². The highest BCUT2D eigenvalue weighted by Crippen LogP contribution is 2.20. The molecule has 2 nitrogen and oxygen atoms in total. The van der Waals surface area contributed by atoms with E-state index in [1.54, 1.807) is 6.07 Å². The van der Waals surface area contributed by atoms with Gasteiger partial charge in [-0.1, -0.05) is 32.1 Å². The summed E-state index contributed by atoms with van der Waals surface area (Å²) in [7, 11) is 0. The normalized spacial score (nSPS) is 17.6. The summed E-state index contributed by atoms with van der Waals surface area (Å²) in [5.74, 6) is -0.567. The molecular formula is C15H19BrFNO. The lowest BCUT2D eigenvalue weighted by Crippen LogP contribution is -2.35. The summed E-state index contributed by atoms with van der Waals surface area (Å²) in [4.78, 5) is 12.2. The van der Waals surface area contributed by atoms with Gasteiger partial charge >= 0.3 is 0 Å². The van der Waals surface area contributed by atoms with E-state index in [2.05, 4.69) is 21.2 Å². The van der Waals surface area contributed by atoms with Gasteiger partial charge in [-0.05, 0) is 47.0 Å². The smallest absolute Gasteiger partial charge is 0.252 e. The molecule has 0 heterocycles. The second kappa shape index (κ2) is 7.04. The molecule has 1 saturated carbocycles. The van der Waals surface area contributed by atoms with Crippen LogP contribution < -0.4 is 5.32 Å². The Morgan fingerprint density at radius 1 is 1.16 bits per heavy atom. The zero-order valence-corrected chi connectivity index (χ0v) is 12.5. The maximum atomic E-state index is 13.2. The second-order valence-corrected chi connectivity index (χ2v) is 5.99. The molecule has 0 bridgehead atoms. The molecule has 1 aromatic rings. The molecule has 19 heavy (non-hydrogen) atoms. The molecule has 104 valence electrons. The lowest BCUT2D eigenvalue weighted by atomic mass is 9.96. The minimum atomic E-state index is -0.383. The molecule has 4 heteroatoms. The van der Waals surface area contributed by atoms with Gasteiger partial charge in [-0.15, -0.1) is 0 Å². The molecule has 0 unspecified atom stereocenters. The van der Waals surface area contributed by atoms with Crippen LogP contribution in [-0.4, -0.2) is 11.9 Å². The van der Waals surface area contributed by atoms with Crippen molar-refractivity contribution in [3.63, 3.8) is 0 Å². The zero-order chi connectivity index (χ0) is 13.7. The number of carbonyl (C=O) groups is 1. The average Bonchev–Trinajstić information content (AvgIpc) is 2.35. The van der Waals surface area contributed by atoms with Crippen molar-refractivity contribution in [2.24, 2.45) is 0 Å². The third-order valence-electron chi connectivity index (χ3n) is 3.61. The summed E-state index contributed by atoms with van der Waals surface area (Å²) >= 11 is 3.30. The van der Waals surface area contributed by atoms with Crippen LogP contribution in [0.15, 0.2) is 22.7 Å². The first kappa shape index (κ1) is 14.5. The summed E-state index contributed by atoms with van der Waals surface area (Å²) < 4.78 is 13.8. The molecule has 1 N–H and O–H groups in total. The van der Waals surface area contributed by atoms with E-state index in [1.165, 1.54) is 31.4 Å². The first-order chi connectivity index (χ1) is 9.16. The van der Waals surface area contributed by atoms with Crippen LogP contribution in [0.5, 0.6) is 0 Å². The summed E-state index contributed by atoms with van der Waals surface area (Å²) in [5.41, 5.74) is 0.377. The van der Waals surface area contributed by atoms with Gasteiger partial charge < -0.3 is 5.32 Å². The highest BCUT2D eigenvalue weighted by Gasteiger charge is 2.17. The van der Waals surface area contributed by atoms with Gasteiger partial charge in [0.25, 0.3) is 5.91 Å². The van der Waals surface area contributed by atoms with E-state index in [4.69, 9.17) is 0 Å². The number of halogens is 2. The highest BCUT2D eigenvalue weighted by atomic mass is 79.9. The molecule has 1 aromatic carbocycles. The van der Waals surface area contributed by atoms with Crippen LogP contribution >= 0.6 is 15.9 Å². The van der Waals surface area contributed by atoms with E-state index >= 15 is 0 Å². The van der Waals surface area contributed by atoms with Crippen LogP contribution in [0, 0.1) is 5.82 Å². The van der Waals surface area contributed by atoms with Crippen molar-refractivity contribution in [2.75, 3.05) is 0 Å². The number of amides is 1. The Balaban J connectivity index is 2.00. The number of rotatable bonds is 2. The van der Waals surface area contributed by atoms with Gasteiger partial charge in [-0.2, -0.15) is 0 Å². The largest absolute Gasteiger partial charge is 0.349 e. The van der Waals surface area contributed by atoms with E-state index < -0.39 is 0 Å². The minimum Gasteiger partial charge on any atom is -0.349 e. The Bertz CT molecular complexity index is 442. The van der Waals surface area contributed by atoms with Crippen LogP contribution in [0.3, 0.4) is 0 Å². The summed E-state index contributed by atoms with van der Waals surface area (Å²) in [6.45, 7) is 0. The lowest BCUT2D eigenvalue weighted by molar-refractivity contribution is 0.0929. The molecule has 0 atom stereocenters. The lowest BCUT2D eigenvalue weighted by Gasteiger charge is -2.21. The predicted molar refractivity (Wildman–Crippen MR) is 77.7 cm³/mol. The summed E-state index contributed by atoms with van der Waals surface area (Å²) in [6, 6.07) is 4.42. The third-order valence-corrected chi connectivity index (χ3v) is 4.30. The molecule has 0 aromatic heterocycles. The predicted octanol–water partition coefficient (Wildman–Crippen LogP) is 4.43. The van der Waals surface area contributed by atoms with Crippen LogP contribution in [0.2, 0.25) is 0 Å². The monoisotopic (exact) mass is 327 g/mol. The number of hydrogen-bond donors (Lipinski definition) is 1. The Morgan fingerprint density at radius 2 is 1.79 bits per heavy atom. The maximum absolute atomic E-state index is 13.2. The van der Waals surface area contributed by atoms with Crippen LogP contribution in [-0.2, 0) is 0 Å². The average molecular weight is 328 g/mol. The van der Waals surface area contributed by atoms with Gasteiger partial charge in [0.15, 0.2) is 0 Å². The van der Waals surface area contributed by atoms with Crippen molar-refractivity contribution < 1.29 is 9.18 Å². The summed E-state index contributed by atoms with van der Waals surface area (Å²) in [5, 5.41) is 3.04. The molecule has 1 aliphatic carbocycles. The fourth-order valence-corrected chi connectivity index (χ4v) is 2.96. The molecule has 0 aliphatic heterocycles. The number of hydrogen-bond acceptors (Lipinski definition) is 1. The highest BCUT2D eigenvalue weighted by molar-refractivity contribution is 9.10. The first-order valence-corrected chi connectivity index (χ1v) is 7.72. The molecule has 0 radical (unpaired) electrons. The topological polar surface area (TPSA) is 29.1 Å². The molecular weight excluding hydrogens is 309 g/mol.